The Labute approximate surface area is 136 Å². The van der Waals surface area contributed by atoms with Crippen LogP contribution in [0.2, 0.25) is 0 Å². The quantitative estimate of drug-likeness (QED) is 0.803. The summed E-state index contributed by atoms with van der Waals surface area (Å²) in [6, 6.07) is 0. The molecule has 0 spiro atoms. The summed E-state index contributed by atoms with van der Waals surface area (Å²) >= 11 is 0. The van der Waals surface area contributed by atoms with E-state index in [2.05, 4.69) is 19.5 Å². The number of rotatable bonds is 3. The molecule has 0 bridgehead atoms. The first-order chi connectivity index (χ1) is 8.85. The summed E-state index contributed by atoms with van der Waals surface area (Å²) < 4.78 is 41.6. The molecule has 0 aliphatic carbocycles. The molecule has 1 amide bonds. The summed E-state index contributed by atoms with van der Waals surface area (Å²) in [6.45, 7) is -0.836. The molecule has 1 radical (unpaired) electrons. The topological polar surface area (TPSA) is 84.8 Å². The summed E-state index contributed by atoms with van der Waals surface area (Å²) in [6.07, 6.45) is -5.05. The number of halogens is 3. The Kier molecular flexibility index (Phi) is 7.49. The standard InChI is InChI=1S/C9H10F3N3O4.Y/c1-18-8(17)15(19-2)6-3-13-7(9(10,11)12)14-5(6)4-16;/h3,16H,4H2,1-2H3;. The molecule has 0 aromatic carbocycles. The Bertz CT molecular complexity index is 472. The molecule has 1 rings (SSSR count). The molecular formula is C9H10F3N3O4Y. The van der Waals surface area contributed by atoms with E-state index in [4.69, 9.17) is 5.11 Å². The van der Waals surface area contributed by atoms with Gasteiger partial charge in [-0.25, -0.2) is 14.8 Å². The van der Waals surface area contributed by atoms with Crippen molar-refractivity contribution in [3.63, 3.8) is 0 Å². The van der Waals surface area contributed by atoms with Gasteiger partial charge in [-0.3, -0.25) is 4.84 Å². The van der Waals surface area contributed by atoms with Gasteiger partial charge in [-0.1, -0.05) is 0 Å². The van der Waals surface area contributed by atoms with Gasteiger partial charge in [-0.2, -0.15) is 13.2 Å². The van der Waals surface area contributed by atoms with Crippen LogP contribution in [0.25, 0.3) is 0 Å². The van der Waals surface area contributed by atoms with Gasteiger partial charge >= 0.3 is 12.3 Å². The molecule has 0 fully saturated rings. The zero-order chi connectivity index (χ0) is 14.6. The first kappa shape index (κ1) is 19.2. The van der Waals surface area contributed by atoms with Gasteiger partial charge in [0.25, 0.3) is 0 Å². The average Bonchev–Trinajstić information content (AvgIpc) is 2.38. The molecule has 20 heavy (non-hydrogen) atoms. The molecule has 1 heterocycles. The van der Waals surface area contributed by atoms with Crippen LogP contribution < -0.4 is 5.06 Å². The minimum Gasteiger partial charge on any atom is -0.451 e. The van der Waals surface area contributed by atoms with Gasteiger partial charge in [0.15, 0.2) is 0 Å². The molecule has 1 aromatic rings. The number of methoxy groups -OCH3 is 1. The van der Waals surface area contributed by atoms with Crippen LogP contribution in [-0.2, 0) is 55.1 Å². The molecule has 11 heteroatoms. The maximum Gasteiger partial charge on any atom is 0.451 e. The zero-order valence-corrected chi connectivity index (χ0v) is 13.3. The second-order valence-corrected chi connectivity index (χ2v) is 3.13. The average molecular weight is 370 g/mol. The molecule has 1 N–H and O–H groups in total. The third-order valence-corrected chi connectivity index (χ3v) is 1.99. The Morgan fingerprint density at radius 3 is 2.45 bits per heavy atom. The Balaban J connectivity index is 0.00000361. The predicted octanol–water partition coefficient (Wildman–Crippen LogP) is 1.12. The van der Waals surface area contributed by atoms with Crippen LogP contribution in [0, 0.1) is 0 Å². The van der Waals surface area contributed by atoms with E-state index in [0.29, 0.717) is 11.3 Å². The third-order valence-electron chi connectivity index (χ3n) is 1.99. The number of hydroxylamine groups is 1. The Hall–Kier alpha value is -0.836. The van der Waals surface area contributed by atoms with E-state index in [1.54, 1.807) is 0 Å². The van der Waals surface area contributed by atoms with Crippen molar-refractivity contribution in [1.82, 2.24) is 9.97 Å². The van der Waals surface area contributed by atoms with E-state index in [9.17, 15) is 18.0 Å². The molecule has 0 unspecified atom stereocenters. The minimum absolute atomic E-state index is 0. The second-order valence-electron chi connectivity index (χ2n) is 3.13. The normalized spacial score (nSPS) is 10.7. The number of hydrogen-bond acceptors (Lipinski definition) is 6. The molecule has 0 atom stereocenters. The number of aliphatic hydroxyl groups excluding tert-OH is 1. The Morgan fingerprint density at radius 1 is 1.45 bits per heavy atom. The van der Waals surface area contributed by atoms with Crippen LogP contribution in [-0.4, -0.2) is 35.4 Å². The van der Waals surface area contributed by atoms with Gasteiger partial charge in [-0.05, 0) is 0 Å². The smallest absolute Gasteiger partial charge is 0.451 e. The fourth-order valence-corrected chi connectivity index (χ4v) is 1.19. The molecular weight excluding hydrogens is 360 g/mol. The van der Waals surface area contributed by atoms with Gasteiger partial charge < -0.3 is 9.84 Å². The van der Waals surface area contributed by atoms with Crippen LogP contribution in [0.5, 0.6) is 0 Å². The van der Waals surface area contributed by atoms with Crippen LogP contribution in [0.3, 0.4) is 0 Å². The van der Waals surface area contributed by atoms with Crippen molar-refractivity contribution in [3.05, 3.63) is 17.7 Å². The summed E-state index contributed by atoms with van der Waals surface area (Å²) in [5, 5.41) is 9.54. The van der Waals surface area contributed by atoms with E-state index < -0.39 is 30.4 Å². The minimum atomic E-state index is -4.76. The number of hydrogen-bond donors (Lipinski definition) is 1. The summed E-state index contributed by atoms with van der Waals surface area (Å²) in [5.74, 6) is -1.43. The van der Waals surface area contributed by atoms with Crippen molar-refractivity contribution in [2.24, 2.45) is 0 Å². The van der Waals surface area contributed by atoms with Crippen molar-refractivity contribution in [3.8, 4) is 0 Å². The van der Waals surface area contributed by atoms with Crippen molar-refractivity contribution in [2.45, 2.75) is 12.8 Å². The van der Waals surface area contributed by atoms with E-state index in [0.717, 1.165) is 14.2 Å². The van der Waals surface area contributed by atoms with E-state index in [-0.39, 0.29) is 38.4 Å². The first-order valence-corrected chi connectivity index (χ1v) is 4.81. The van der Waals surface area contributed by atoms with Gasteiger partial charge in [0.2, 0.25) is 5.82 Å². The number of aromatic nitrogens is 2. The number of ether oxygens (including phenoxy) is 1. The third kappa shape index (κ3) is 4.33. The molecule has 109 valence electrons. The van der Waals surface area contributed by atoms with Crippen molar-refractivity contribution in [2.75, 3.05) is 19.3 Å². The molecule has 7 nitrogen and oxygen atoms in total. The van der Waals surface area contributed by atoms with Crippen LogP contribution in [0.1, 0.15) is 11.5 Å². The SMILES string of the molecule is COC(=O)N(OC)c1cnc(C(F)(F)F)nc1CO.[Y]. The van der Waals surface area contributed by atoms with Crippen LogP contribution in [0.15, 0.2) is 6.20 Å². The number of carbonyl (C=O) groups is 1. The van der Waals surface area contributed by atoms with Gasteiger partial charge in [0.1, 0.15) is 5.69 Å². The number of carbonyl (C=O) groups excluding carboxylic acids is 1. The fraction of sp³-hybridized carbons (Fsp3) is 0.444. The monoisotopic (exact) mass is 370 g/mol. The van der Waals surface area contributed by atoms with E-state index in [1.165, 1.54) is 0 Å². The number of aliphatic hydroxyl groups is 1. The molecule has 1 aromatic heterocycles. The van der Waals surface area contributed by atoms with Crippen LogP contribution >= 0.6 is 0 Å². The first-order valence-electron chi connectivity index (χ1n) is 4.81. The summed E-state index contributed by atoms with van der Waals surface area (Å²) in [7, 11) is 2.15. The maximum atomic E-state index is 12.4. The molecule has 0 saturated carbocycles. The summed E-state index contributed by atoms with van der Waals surface area (Å²) in [4.78, 5) is 22.2. The van der Waals surface area contributed by atoms with E-state index >= 15 is 0 Å². The molecule has 0 aliphatic heterocycles. The van der Waals surface area contributed by atoms with Gasteiger partial charge in [0.05, 0.1) is 32.7 Å². The second kappa shape index (κ2) is 7.82. The van der Waals surface area contributed by atoms with Gasteiger partial charge in [-0.15, -0.1) is 5.06 Å². The van der Waals surface area contributed by atoms with Crippen molar-refractivity contribution in [1.29, 1.82) is 0 Å². The molecule has 0 saturated heterocycles. The Morgan fingerprint density at radius 2 is 2.05 bits per heavy atom. The van der Waals surface area contributed by atoms with Crippen molar-refractivity contribution >= 4 is 11.8 Å². The largest absolute Gasteiger partial charge is 0.451 e. The number of nitrogens with zero attached hydrogens (tertiary/aromatic N) is 3. The number of anilines is 1. The predicted molar refractivity (Wildman–Crippen MR) is 54.8 cm³/mol. The van der Waals surface area contributed by atoms with Crippen LogP contribution in [0.4, 0.5) is 23.7 Å². The number of amides is 1. The fourth-order valence-electron chi connectivity index (χ4n) is 1.19. The molecule has 0 aliphatic rings. The van der Waals surface area contributed by atoms with E-state index in [1.807, 2.05) is 0 Å². The summed E-state index contributed by atoms with van der Waals surface area (Å²) in [5.41, 5.74) is -0.667. The van der Waals surface area contributed by atoms with Crippen molar-refractivity contribution < 1.29 is 65.4 Å². The van der Waals surface area contributed by atoms with Gasteiger partial charge in [0, 0.05) is 32.7 Å². The maximum absolute atomic E-state index is 12.4. The number of alkyl halides is 3. The zero-order valence-electron chi connectivity index (χ0n) is 10.5.